The highest BCUT2D eigenvalue weighted by molar-refractivity contribution is 5.75. The summed E-state index contributed by atoms with van der Waals surface area (Å²) in [6.45, 7) is 2.27. The van der Waals surface area contributed by atoms with Gasteiger partial charge in [0.2, 0.25) is 5.89 Å². The Bertz CT molecular complexity index is 715. The molecule has 2 aromatic rings. The molecule has 1 heterocycles. The van der Waals surface area contributed by atoms with Gasteiger partial charge in [0.05, 0.1) is 12.6 Å². The third-order valence-electron chi connectivity index (χ3n) is 4.06. The van der Waals surface area contributed by atoms with Gasteiger partial charge in [-0.05, 0) is 37.5 Å². The smallest absolute Gasteiger partial charge is 0.317 e. The van der Waals surface area contributed by atoms with Gasteiger partial charge in [-0.15, -0.1) is 0 Å². The Labute approximate surface area is 144 Å². The molecule has 0 radical (unpaired) electrons. The zero-order valence-electron chi connectivity index (χ0n) is 14.0. The topological polar surface area (TPSA) is 91.5 Å². The number of aliphatic hydroxyl groups is 1. The fourth-order valence-corrected chi connectivity index (χ4v) is 2.58. The van der Waals surface area contributed by atoms with E-state index in [0.717, 1.165) is 12.8 Å². The maximum atomic E-state index is 13.0. The van der Waals surface area contributed by atoms with Crippen LogP contribution in [-0.4, -0.2) is 45.3 Å². The number of aliphatic hydroxyl groups excluding tert-OH is 1. The first-order valence-corrected chi connectivity index (χ1v) is 8.30. The molecule has 1 fully saturated rings. The number of rotatable bonds is 7. The highest BCUT2D eigenvalue weighted by Crippen LogP contribution is 2.29. The first-order chi connectivity index (χ1) is 12.0. The molecule has 25 heavy (non-hydrogen) atoms. The molecule has 0 bridgehead atoms. The number of hydrogen-bond donors (Lipinski definition) is 2. The molecule has 7 nitrogen and oxygen atoms in total. The van der Waals surface area contributed by atoms with Gasteiger partial charge in [0.15, 0.2) is 5.82 Å². The summed E-state index contributed by atoms with van der Waals surface area (Å²) in [7, 11) is 0. The third-order valence-corrected chi connectivity index (χ3v) is 4.06. The van der Waals surface area contributed by atoms with Crippen molar-refractivity contribution in [3.8, 4) is 0 Å². The van der Waals surface area contributed by atoms with Crippen LogP contribution < -0.4 is 5.32 Å². The SMILES string of the molecule is Cc1noc(CCNC(=O)N(CC(O)c2ccc(F)cc2)C2CC2)n1. The second-order valence-corrected chi connectivity index (χ2v) is 6.17. The first kappa shape index (κ1) is 17.3. The summed E-state index contributed by atoms with van der Waals surface area (Å²) in [6.07, 6.45) is 1.44. The average molecular weight is 348 g/mol. The number of aryl methyl sites for hydroxylation is 1. The van der Waals surface area contributed by atoms with Crippen LogP contribution in [0.3, 0.4) is 0 Å². The molecule has 1 aromatic heterocycles. The van der Waals surface area contributed by atoms with E-state index in [0.29, 0.717) is 30.2 Å². The highest BCUT2D eigenvalue weighted by Gasteiger charge is 2.34. The van der Waals surface area contributed by atoms with E-state index in [4.69, 9.17) is 4.52 Å². The van der Waals surface area contributed by atoms with Gasteiger partial charge in [-0.1, -0.05) is 17.3 Å². The van der Waals surface area contributed by atoms with Gasteiger partial charge >= 0.3 is 6.03 Å². The fraction of sp³-hybridized carbons (Fsp3) is 0.471. The van der Waals surface area contributed by atoms with E-state index in [1.165, 1.54) is 24.3 Å². The summed E-state index contributed by atoms with van der Waals surface area (Å²) in [6, 6.07) is 5.56. The quantitative estimate of drug-likeness (QED) is 0.798. The molecule has 8 heteroatoms. The van der Waals surface area contributed by atoms with Crippen LogP contribution in [0.2, 0.25) is 0 Å². The van der Waals surface area contributed by atoms with Crippen LogP contribution >= 0.6 is 0 Å². The third kappa shape index (κ3) is 4.76. The van der Waals surface area contributed by atoms with Crippen molar-refractivity contribution in [3.05, 3.63) is 47.4 Å². The second-order valence-electron chi connectivity index (χ2n) is 6.17. The minimum Gasteiger partial charge on any atom is -0.387 e. The molecular formula is C17H21FN4O3. The van der Waals surface area contributed by atoms with Gasteiger partial charge in [-0.2, -0.15) is 4.98 Å². The summed E-state index contributed by atoms with van der Waals surface area (Å²) in [5.74, 6) is 0.675. The molecule has 1 atom stereocenters. The Hall–Kier alpha value is -2.48. The minimum absolute atomic E-state index is 0.140. The van der Waals surface area contributed by atoms with E-state index in [-0.39, 0.29) is 24.4 Å². The number of benzene rings is 1. The van der Waals surface area contributed by atoms with Gasteiger partial charge in [0, 0.05) is 19.0 Å². The van der Waals surface area contributed by atoms with E-state index in [2.05, 4.69) is 15.5 Å². The monoisotopic (exact) mass is 348 g/mol. The summed E-state index contributed by atoms with van der Waals surface area (Å²) in [5, 5.41) is 16.8. The molecule has 1 aliphatic rings. The summed E-state index contributed by atoms with van der Waals surface area (Å²) in [5.41, 5.74) is 0.584. The zero-order chi connectivity index (χ0) is 17.8. The van der Waals surface area contributed by atoms with Gasteiger partial charge in [-0.3, -0.25) is 0 Å². The van der Waals surface area contributed by atoms with Crippen LogP contribution in [0.5, 0.6) is 0 Å². The number of urea groups is 1. The molecule has 1 aromatic carbocycles. The molecule has 2 amide bonds. The predicted octanol–water partition coefficient (Wildman–Crippen LogP) is 1.97. The van der Waals surface area contributed by atoms with Crippen LogP contribution in [0.4, 0.5) is 9.18 Å². The van der Waals surface area contributed by atoms with Crippen molar-refractivity contribution in [2.75, 3.05) is 13.1 Å². The van der Waals surface area contributed by atoms with Gasteiger partial charge in [0.1, 0.15) is 5.82 Å². The van der Waals surface area contributed by atoms with Crippen molar-refractivity contribution in [1.82, 2.24) is 20.4 Å². The lowest BCUT2D eigenvalue weighted by Crippen LogP contribution is -2.44. The maximum Gasteiger partial charge on any atom is 0.317 e. The van der Waals surface area contributed by atoms with E-state index in [1.807, 2.05) is 0 Å². The molecule has 0 spiro atoms. The maximum absolute atomic E-state index is 13.0. The molecule has 1 aliphatic carbocycles. The van der Waals surface area contributed by atoms with Gasteiger partial charge in [-0.25, -0.2) is 9.18 Å². The van der Waals surface area contributed by atoms with Crippen LogP contribution in [0.15, 0.2) is 28.8 Å². The molecule has 134 valence electrons. The Morgan fingerprint density at radius 3 is 2.76 bits per heavy atom. The van der Waals surface area contributed by atoms with Crippen LogP contribution in [0.1, 0.15) is 36.2 Å². The van der Waals surface area contributed by atoms with Crippen LogP contribution in [-0.2, 0) is 6.42 Å². The molecule has 1 unspecified atom stereocenters. The van der Waals surface area contributed by atoms with E-state index < -0.39 is 6.10 Å². The van der Waals surface area contributed by atoms with Crippen molar-refractivity contribution < 1.29 is 18.8 Å². The number of hydrogen-bond acceptors (Lipinski definition) is 5. The standard InChI is InChI=1S/C17H21FN4O3/c1-11-20-16(25-21-11)8-9-19-17(24)22(14-6-7-14)10-15(23)12-2-4-13(18)5-3-12/h2-5,14-15,23H,6-10H2,1H3,(H,19,24). The lowest BCUT2D eigenvalue weighted by atomic mass is 10.1. The van der Waals surface area contributed by atoms with Crippen molar-refractivity contribution in [2.45, 2.75) is 38.3 Å². The Balaban J connectivity index is 1.53. The van der Waals surface area contributed by atoms with Gasteiger partial charge < -0.3 is 19.8 Å². The molecule has 1 saturated carbocycles. The van der Waals surface area contributed by atoms with Crippen molar-refractivity contribution in [3.63, 3.8) is 0 Å². The largest absolute Gasteiger partial charge is 0.387 e. The summed E-state index contributed by atoms with van der Waals surface area (Å²) >= 11 is 0. The van der Waals surface area contributed by atoms with E-state index in [1.54, 1.807) is 11.8 Å². The highest BCUT2D eigenvalue weighted by atomic mass is 19.1. The van der Waals surface area contributed by atoms with Crippen molar-refractivity contribution in [1.29, 1.82) is 0 Å². The molecule has 3 rings (SSSR count). The van der Waals surface area contributed by atoms with Crippen molar-refractivity contribution >= 4 is 6.03 Å². The molecule has 0 saturated heterocycles. The molecule has 0 aliphatic heterocycles. The zero-order valence-corrected chi connectivity index (χ0v) is 14.0. The van der Waals surface area contributed by atoms with Gasteiger partial charge in [0.25, 0.3) is 0 Å². The van der Waals surface area contributed by atoms with Crippen LogP contribution in [0, 0.1) is 12.7 Å². The Morgan fingerprint density at radius 2 is 2.16 bits per heavy atom. The summed E-state index contributed by atoms with van der Waals surface area (Å²) < 4.78 is 18.0. The van der Waals surface area contributed by atoms with Crippen molar-refractivity contribution in [2.24, 2.45) is 0 Å². The number of aromatic nitrogens is 2. The lowest BCUT2D eigenvalue weighted by molar-refractivity contribution is 0.118. The second kappa shape index (κ2) is 7.60. The normalized spacial score (nSPS) is 15.0. The van der Waals surface area contributed by atoms with E-state index in [9.17, 15) is 14.3 Å². The number of amides is 2. The first-order valence-electron chi connectivity index (χ1n) is 8.30. The number of nitrogens with one attached hydrogen (secondary N) is 1. The lowest BCUT2D eigenvalue weighted by Gasteiger charge is -2.25. The molecule has 2 N–H and O–H groups in total. The Morgan fingerprint density at radius 1 is 1.44 bits per heavy atom. The number of carbonyl (C=O) groups excluding carboxylic acids is 1. The number of carbonyl (C=O) groups is 1. The number of halogens is 1. The minimum atomic E-state index is -0.856. The van der Waals surface area contributed by atoms with E-state index >= 15 is 0 Å². The Kier molecular flexibility index (Phi) is 5.28. The predicted molar refractivity (Wildman–Crippen MR) is 87.2 cm³/mol. The van der Waals surface area contributed by atoms with Crippen LogP contribution in [0.25, 0.3) is 0 Å². The average Bonchev–Trinajstić information content (AvgIpc) is 3.35. The summed E-state index contributed by atoms with van der Waals surface area (Å²) in [4.78, 5) is 18.1. The fourth-order valence-electron chi connectivity index (χ4n) is 2.58. The number of nitrogens with zero attached hydrogens (tertiary/aromatic N) is 3. The molecular weight excluding hydrogens is 327 g/mol.